The van der Waals surface area contributed by atoms with E-state index in [2.05, 4.69) is 24.1 Å². The van der Waals surface area contributed by atoms with Gasteiger partial charge in [0.1, 0.15) is 0 Å². The molecule has 102 valence electrons. The fourth-order valence-corrected chi connectivity index (χ4v) is 2.18. The first-order chi connectivity index (χ1) is 8.22. The number of rotatable bonds is 6. The van der Waals surface area contributed by atoms with Gasteiger partial charge in [-0.25, -0.2) is 0 Å². The number of hydrogen-bond acceptors (Lipinski definition) is 4. The molecule has 4 heteroatoms. The molecule has 1 fully saturated rings. The molecule has 4 nitrogen and oxygen atoms in total. The Kier molecular flexibility index (Phi) is 7.77. The van der Waals surface area contributed by atoms with E-state index in [4.69, 9.17) is 9.47 Å². The maximum atomic E-state index is 5.52. The zero-order valence-corrected chi connectivity index (χ0v) is 11.6. The fourth-order valence-electron chi connectivity index (χ4n) is 2.18. The van der Waals surface area contributed by atoms with Crippen molar-refractivity contribution in [1.29, 1.82) is 0 Å². The summed E-state index contributed by atoms with van der Waals surface area (Å²) < 4.78 is 10.5. The molecule has 1 N–H and O–H groups in total. The van der Waals surface area contributed by atoms with Gasteiger partial charge in [-0.05, 0) is 39.8 Å². The van der Waals surface area contributed by atoms with E-state index in [1.807, 2.05) is 0 Å². The van der Waals surface area contributed by atoms with Crippen molar-refractivity contribution in [3.63, 3.8) is 0 Å². The van der Waals surface area contributed by atoms with Gasteiger partial charge in [-0.2, -0.15) is 0 Å². The van der Waals surface area contributed by atoms with E-state index in [1.54, 1.807) is 7.11 Å². The third-order valence-corrected chi connectivity index (χ3v) is 3.31. The van der Waals surface area contributed by atoms with Crippen LogP contribution in [0.5, 0.6) is 0 Å². The van der Waals surface area contributed by atoms with Crippen LogP contribution in [-0.2, 0) is 9.47 Å². The highest BCUT2D eigenvalue weighted by atomic mass is 16.5. The van der Waals surface area contributed by atoms with Gasteiger partial charge in [0.05, 0.1) is 19.8 Å². The smallest absolute Gasteiger partial charge is 0.0700 e. The molecule has 0 aliphatic carbocycles. The summed E-state index contributed by atoms with van der Waals surface area (Å²) in [5.74, 6) is 0. The molecular weight excluding hydrogens is 216 g/mol. The van der Waals surface area contributed by atoms with Crippen LogP contribution in [0.15, 0.2) is 0 Å². The average molecular weight is 244 g/mol. The summed E-state index contributed by atoms with van der Waals surface area (Å²) in [7, 11) is 1.71. The molecule has 0 aromatic carbocycles. The highest BCUT2D eigenvalue weighted by Gasteiger charge is 2.15. The number of methoxy groups -OCH3 is 1. The molecular formula is C13H28N2O2. The van der Waals surface area contributed by atoms with Gasteiger partial charge < -0.3 is 19.7 Å². The minimum absolute atomic E-state index is 0.627. The predicted molar refractivity (Wildman–Crippen MR) is 70.4 cm³/mol. The van der Waals surface area contributed by atoms with Crippen molar-refractivity contribution in [3.8, 4) is 0 Å². The summed E-state index contributed by atoms with van der Waals surface area (Å²) >= 11 is 0. The summed E-state index contributed by atoms with van der Waals surface area (Å²) in [4.78, 5) is 2.51. The number of nitrogens with one attached hydrogen (secondary N) is 1. The average Bonchev–Trinajstić information content (AvgIpc) is 2.29. The SMILES string of the molecule is COCCOCCN1CCC(C)NC(C)CC1. The molecule has 0 radical (unpaired) electrons. The van der Waals surface area contributed by atoms with Crippen LogP contribution < -0.4 is 5.32 Å². The van der Waals surface area contributed by atoms with E-state index in [0.717, 1.165) is 13.2 Å². The quantitative estimate of drug-likeness (QED) is 0.710. The van der Waals surface area contributed by atoms with Crippen molar-refractivity contribution in [1.82, 2.24) is 10.2 Å². The van der Waals surface area contributed by atoms with Gasteiger partial charge in [0.25, 0.3) is 0 Å². The third-order valence-electron chi connectivity index (χ3n) is 3.31. The van der Waals surface area contributed by atoms with Crippen LogP contribution in [0, 0.1) is 0 Å². The summed E-state index contributed by atoms with van der Waals surface area (Å²) in [5, 5.41) is 3.61. The van der Waals surface area contributed by atoms with Crippen molar-refractivity contribution in [3.05, 3.63) is 0 Å². The molecule has 2 unspecified atom stereocenters. The number of ether oxygens (including phenoxy) is 2. The third kappa shape index (κ3) is 6.99. The van der Waals surface area contributed by atoms with Crippen LogP contribution in [0.25, 0.3) is 0 Å². The minimum Gasteiger partial charge on any atom is -0.382 e. The summed E-state index contributed by atoms with van der Waals surface area (Å²) in [6.45, 7) is 10.2. The van der Waals surface area contributed by atoms with Crippen molar-refractivity contribution in [2.75, 3.05) is 46.6 Å². The lowest BCUT2D eigenvalue weighted by Gasteiger charge is -2.30. The van der Waals surface area contributed by atoms with Gasteiger partial charge in [0.2, 0.25) is 0 Å². The highest BCUT2D eigenvalue weighted by Crippen LogP contribution is 2.06. The van der Waals surface area contributed by atoms with Crippen molar-refractivity contribution < 1.29 is 9.47 Å². The Morgan fingerprint density at radius 1 is 1.06 bits per heavy atom. The van der Waals surface area contributed by atoms with Crippen LogP contribution >= 0.6 is 0 Å². The molecule has 0 spiro atoms. The number of nitrogens with zero attached hydrogens (tertiary/aromatic N) is 1. The van der Waals surface area contributed by atoms with E-state index in [9.17, 15) is 0 Å². The molecule has 0 amide bonds. The Bertz CT molecular complexity index is 178. The molecule has 1 aliphatic rings. The zero-order valence-electron chi connectivity index (χ0n) is 11.6. The molecule has 1 heterocycles. The van der Waals surface area contributed by atoms with Gasteiger partial charge in [0, 0.05) is 25.7 Å². The molecule has 0 aromatic rings. The fraction of sp³-hybridized carbons (Fsp3) is 1.00. The van der Waals surface area contributed by atoms with Crippen molar-refractivity contribution >= 4 is 0 Å². The first-order valence-electron chi connectivity index (χ1n) is 6.77. The van der Waals surface area contributed by atoms with E-state index in [-0.39, 0.29) is 0 Å². The first-order valence-corrected chi connectivity index (χ1v) is 6.77. The van der Waals surface area contributed by atoms with Gasteiger partial charge in [-0.1, -0.05) is 0 Å². The molecule has 0 aromatic heterocycles. The largest absolute Gasteiger partial charge is 0.382 e. The minimum atomic E-state index is 0.627. The molecule has 0 saturated carbocycles. The Labute approximate surface area is 106 Å². The predicted octanol–water partition coefficient (Wildman–Crippen LogP) is 1.11. The second-order valence-corrected chi connectivity index (χ2v) is 4.99. The Morgan fingerprint density at radius 3 is 2.29 bits per heavy atom. The summed E-state index contributed by atoms with van der Waals surface area (Å²) in [6, 6.07) is 1.25. The van der Waals surface area contributed by atoms with E-state index in [0.29, 0.717) is 25.3 Å². The standard InChI is InChI=1S/C13H28N2O2/c1-12-4-6-15(7-5-13(2)14-12)8-9-17-11-10-16-3/h12-14H,4-11H2,1-3H3. The highest BCUT2D eigenvalue weighted by molar-refractivity contribution is 4.74. The Morgan fingerprint density at radius 2 is 1.71 bits per heavy atom. The molecule has 0 bridgehead atoms. The molecule has 2 atom stereocenters. The lowest BCUT2D eigenvalue weighted by Crippen LogP contribution is -2.43. The van der Waals surface area contributed by atoms with Gasteiger partial charge in [0.15, 0.2) is 0 Å². The Balaban J connectivity index is 2.13. The second kappa shape index (κ2) is 8.86. The van der Waals surface area contributed by atoms with Crippen LogP contribution in [0.4, 0.5) is 0 Å². The van der Waals surface area contributed by atoms with Crippen molar-refractivity contribution in [2.24, 2.45) is 0 Å². The molecule has 1 saturated heterocycles. The maximum Gasteiger partial charge on any atom is 0.0700 e. The van der Waals surface area contributed by atoms with Gasteiger partial charge in [-0.3, -0.25) is 0 Å². The lowest BCUT2D eigenvalue weighted by molar-refractivity contribution is 0.0548. The summed E-state index contributed by atoms with van der Waals surface area (Å²) in [5.41, 5.74) is 0. The topological polar surface area (TPSA) is 33.7 Å². The summed E-state index contributed by atoms with van der Waals surface area (Å²) in [6.07, 6.45) is 2.45. The number of hydrogen-bond donors (Lipinski definition) is 1. The van der Waals surface area contributed by atoms with Gasteiger partial charge in [-0.15, -0.1) is 0 Å². The zero-order chi connectivity index (χ0) is 12.5. The molecule has 1 rings (SSSR count). The Hall–Kier alpha value is -0.160. The van der Waals surface area contributed by atoms with Gasteiger partial charge >= 0.3 is 0 Å². The first kappa shape index (κ1) is 14.9. The van der Waals surface area contributed by atoms with Crippen LogP contribution in [0.2, 0.25) is 0 Å². The monoisotopic (exact) mass is 244 g/mol. The molecule has 17 heavy (non-hydrogen) atoms. The normalized spacial score (nSPS) is 27.7. The second-order valence-electron chi connectivity index (χ2n) is 4.99. The maximum absolute atomic E-state index is 5.52. The van der Waals surface area contributed by atoms with Crippen LogP contribution in [0.3, 0.4) is 0 Å². The van der Waals surface area contributed by atoms with Crippen LogP contribution in [0.1, 0.15) is 26.7 Å². The molecule has 1 aliphatic heterocycles. The van der Waals surface area contributed by atoms with E-state index in [1.165, 1.54) is 25.9 Å². The van der Waals surface area contributed by atoms with E-state index < -0.39 is 0 Å². The van der Waals surface area contributed by atoms with Crippen LogP contribution in [-0.4, -0.2) is 63.5 Å². The van der Waals surface area contributed by atoms with Crippen molar-refractivity contribution in [2.45, 2.75) is 38.8 Å². The van der Waals surface area contributed by atoms with E-state index >= 15 is 0 Å². The lowest BCUT2D eigenvalue weighted by atomic mass is 10.1.